The maximum absolute atomic E-state index is 15.1. The van der Waals surface area contributed by atoms with E-state index in [-0.39, 0.29) is 22.5 Å². The van der Waals surface area contributed by atoms with Gasteiger partial charge in [-0.2, -0.15) is 0 Å². The molecule has 0 aliphatic heterocycles. The zero-order valence-corrected chi connectivity index (χ0v) is 16.7. The molecule has 0 radical (unpaired) electrons. The fraction of sp³-hybridized carbons (Fsp3) is 0.714. The molecule has 0 N–H and O–H groups in total. The fourth-order valence-corrected chi connectivity index (χ4v) is 7.52. The van der Waals surface area contributed by atoms with Crippen LogP contribution in [0.2, 0.25) is 0 Å². The van der Waals surface area contributed by atoms with Crippen LogP contribution in [-0.2, 0) is 9.59 Å². The molecular weight excluding hydrogens is 383 g/mol. The van der Waals surface area contributed by atoms with E-state index in [0.29, 0.717) is 40.0 Å². The number of alkyl halides is 1. The number of Topliss-reactive ketones (excluding diaryl/α,β-unsaturated/α-hetero) is 1. The van der Waals surface area contributed by atoms with Gasteiger partial charge in [-0.1, -0.05) is 19.9 Å². The van der Waals surface area contributed by atoms with Gasteiger partial charge in [0.25, 0.3) is 0 Å². The van der Waals surface area contributed by atoms with E-state index in [1.165, 1.54) is 6.08 Å². The molecule has 4 aliphatic carbocycles. The average Bonchev–Trinajstić information content (AvgIpc) is 2.88. The van der Waals surface area contributed by atoms with Gasteiger partial charge in [-0.3, -0.25) is 9.59 Å². The van der Waals surface area contributed by atoms with Crippen LogP contribution in [0.5, 0.6) is 0 Å². The first-order valence-corrected chi connectivity index (χ1v) is 10.3. The van der Waals surface area contributed by atoms with Crippen molar-refractivity contribution in [2.45, 2.75) is 59.0 Å². The summed E-state index contributed by atoms with van der Waals surface area (Å²) in [5.41, 5.74) is 0.312. The Hall–Kier alpha value is -0.770. The van der Waals surface area contributed by atoms with Crippen LogP contribution in [-0.4, -0.2) is 17.7 Å². The Kier molecular flexibility index (Phi) is 3.96. The van der Waals surface area contributed by atoms with Crippen LogP contribution in [0, 0.1) is 34.5 Å². The quantitative estimate of drug-likeness (QED) is 0.599. The number of rotatable bonds is 1. The Morgan fingerprint density at radius 3 is 2.64 bits per heavy atom. The number of carbonyl (C=O) groups excluding carboxylic acids is 2. The smallest absolute Gasteiger partial charge is 0.192 e. The summed E-state index contributed by atoms with van der Waals surface area (Å²) in [5, 5.41) is 0. The number of halogens is 2. The molecule has 4 heteroatoms. The van der Waals surface area contributed by atoms with E-state index in [0.717, 1.165) is 25.7 Å². The van der Waals surface area contributed by atoms with Gasteiger partial charge >= 0.3 is 0 Å². The van der Waals surface area contributed by atoms with Gasteiger partial charge in [-0.25, -0.2) is 4.39 Å². The molecule has 0 spiro atoms. The predicted molar refractivity (Wildman–Crippen MR) is 98.9 cm³/mol. The van der Waals surface area contributed by atoms with Crippen LogP contribution in [0.15, 0.2) is 22.2 Å². The highest BCUT2D eigenvalue weighted by Crippen LogP contribution is 2.66. The van der Waals surface area contributed by atoms with Gasteiger partial charge in [0, 0.05) is 11.3 Å². The number of hydrogen-bond donors (Lipinski definition) is 0. The molecule has 4 rings (SSSR count). The summed E-state index contributed by atoms with van der Waals surface area (Å²) < 4.78 is 15.7. The zero-order valence-electron chi connectivity index (χ0n) is 15.1. The second-order valence-corrected chi connectivity index (χ2v) is 9.96. The van der Waals surface area contributed by atoms with Crippen molar-refractivity contribution >= 4 is 27.5 Å². The van der Waals surface area contributed by atoms with Crippen LogP contribution in [0.4, 0.5) is 4.39 Å². The Bertz CT molecular complexity index is 711. The van der Waals surface area contributed by atoms with Crippen molar-refractivity contribution in [1.82, 2.24) is 0 Å². The molecule has 0 aromatic heterocycles. The topological polar surface area (TPSA) is 34.1 Å². The lowest BCUT2D eigenvalue weighted by Gasteiger charge is -2.57. The van der Waals surface area contributed by atoms with Gasteiger partial charge in [0.2, 0.25) is 0 Å². The third-order valence-electron chi connectivity index (χ3n) is 8.09. The predicted octanol–water partition coefficient (Wildman–Crippen LogP) is 5.17. The van der Waals surface area contributed by atoms with E-state index in [2.05, 4.69) is 29.8 Å². The molecular formula is C21H26BrFO2. The molecule has 3 fully saturated rings. The Labute approximate surface area is 157 Å². The van der Waals surface area contributed by atoms with E-state index in [4.69, 9.17) is 0 Å². The molecule has 4 aliphatic rings. The van der Waals surface area contributed by atoms with Crippen LogP contribution in [0.3, 0.4) is 0 Å². The van der Waals surface area contributed by atoms with Crippen molar-refractivity contribution in [2.24, 2.45) is 34.5 Å². The molecule has 7 atom stereocenters. The number of ketones is 2. The number of hydrogen-bond acceptors (Lipinski definition) is 2. The first kappa shape index (κ1) is 17.6. The largest absolute Gasteiger partial charge is 0.300 e. The monoisotopic (exact) mass is 408 g/mol. The Morgan fingerprint density at radius 2 is 1.96 bits per heavy atom. The summed E-state index contributed by atoms with van der Waals surface area (Å²) in [4.78, 5) is 24.2. The summed E-state index contributed by atoms with van der Waals surface area (Å²) in [7, 11) is 0. The van der Waals surface area contributed by atoms with Gasteiger partial charge in [-0.05, 0) is 89.8 Å². The molecule has 0 aromatic carbocycles. The van der Waals surface area contributed by atoms with Crippen LogP contribution < -0.4 is 0 Å². The maximum Gasteiger partial charge on any atom is 0.192 e. The number of fused-ring (bicyclic) bond motifs is 5. The van der Waals surface area contributed by atoms with Crippen LogP contribution in [0.25, 0.3) is 0 Å². The normalized spacial score (nSPS) is 48.8. The highest BCUT2D eigenvalue weighted by Gasteiger charge is 2.61. The van der Waals surface area contributed by atoms with E-state index in [9.17, 15) is 9.59 Å². The lowest BCUT2D eigenvalue weighted by atomic mass is 9.47. The van der Waals surface area contributed by atoms with E-state index in [1.54, 1.807) is 6.92 Å². The highest BCUT2D eigenvalue weighted by molar-refractivity contribution is 9.12. The second kappa shape index (κ2) is 5.61. The summed E-state index contributed by atoms with van der Waals surface area (Å²) in [6, 6.07) is 0. The minimum atomic E-state index is -1.05. The molecule has 0 bridgehead atoms. The summed E-state index contributed by atoms with van der Waals surface area (Å²) in [6.45, 7) is 6.10. The Morgan fingerprint density at radius 1 is 1.24 bits per heavy atom. The lowest BCUT2D eigenvalue weighted by molar-refractivity contribution is -0.127. The molecule has 0 amide bonds. The van der Waals surface area contributed by atoms with E-state index >= 15 is 4.39 Å². The Balaban J connectivity index is 1.74. The van der Waals surface area contributed by atoms with Crippen molar-refractivity contribution in [3.05, 3.63) is 22.2 Å². The molecule has 0 heterocycles. The van der Waals surface area contributed by atoms with Gasteiger partial charge < -0.3 is 0 Å². The molecule has 136 valence electrons. The first-order valence-electron chi connectivity index (χ1n) is 9.47. The minimum absolute atomic E-state index is 0.0235. The summed E-state index contributed by atoms with van der Waals surface area (Å²) in [6.07, 6.45) is 6.98. The van der Waals surface area contributed by atoms with E-state index < -0.39 is 6.17 Å². The molecule has 0 saturated heterocycles. The van der Waals surface area contributed by atoms with E-state index in [1.807, 2.05) is 6.08 Å². The van der Waals surface area contributed by atoms with Crippen molar-refractivity contribution in [1.29, 1.82) is 0 Å². The van der Waals surface area contributed by atoms with Gasteiger partial charge in [0.1, 0.15) is 12.0 Å². The SMILES string of the molecule is CC(=O)[C@H]1CC[C@H]2[C@@H]3C[C@@H](F)C4=CC(=O)C(Br)=C[C@]4(C)[C@H]3CC[C@]12C. The number of carbonyl (C=O) groups is 2. The molecule has 0 aromatic rings. The zero-order chi connectivity index (χ0) is 18.1. The molecule has 2 nitrogen and oxygen atoms in total. The van der Waals surface area contributed by atoms with Gasteiger partial charge in [0.05, 0.1) is 4.48 Å². The van der Waals surface area contributed by atoms with Gasteiger partial charge in [0.15, 0.2) is 5.78 Å². The summed E-state index contributed by atoms with van der Waals surface area (Å²) >= 11 is 3.38. The average molecular weight is 409 g/mol. The first-order chi connectivity index (χ1) is 11.7. The fourth-order valence-electron chi connectivity index (χ4n) is 6.93. The van der Waals surface area contributed by atoms with Crippen molar-refractivity contribution in [3.8, 4) is 0 Å². The third-order valence-corrected chi connectivity index (χ3v) is 8.70. The van der Waals surface area contributed by atoms with Crippen molar-refractivity contribution in [3.63, 3.8) is 0 Å². The standard InChI is InChI=1S/C21H26BrFO2/c1-11(24)13-4-5-14-12-8-18(23)16-9-19(25)17(22)10-21(16,3)15(12)6-7-20(13,14)2/h9-10,12-15,18H,4-8H2,1-3H3/t12-,13+,14-,15-,18+,20+,21+/m0/s1. The highest BCUT2D eigenvalue weighted by atomic mass is 79.9. The number of allylic oxidation sites excluding steroid dienone is 4. The second-order valence-electron chi connectivity index (χ2n) is 9.10. The maximum atomic E-state index is 15.1. The van der Waals surface area contributed by atoms with Crippen LogP contribution >= 0.6 is 15.9 Å². The van der Waals surface area contributed by atoms with Crippen molar-refractivity contribution < 1.29 is 14.0 Å². The lowest BCUT2D eigenvalue weighted by Crippen LogP contribution is -2.52. The van der Waals surface area contributed by atoms with Crippen molar-refractivity contribution in [2.75, 3.05) is 0 Å². The van der Waals surface area contributed by atoms with Gasteiger partial charge in [-0.15, -0.1) is 0 Å². The van der Waals surface area contributed by atoms with Crippen LogP contribution in [0.1, 0.15) is 52.9 Å². The molecule has 25 heavy (non-hydrogen) atoms. The third kappa shape index (κ3) is 2.32. The molecule has 0 unspecified atom stereocenters. The summed E-state index contributed by atoms with van der Waals surface area (Å²) in [5.74, 6) is 1.39. The molecule has 3 saturated carbocycles. The minimum Gasteiger partial charge on any atom is -0.300 e.